The average molecular weight is 265 g/mol. The SMILES string of the molecule is CCSc1ccc(C(CCC(C)=O)N(C)C)cc1. The quantitative estimate of drug-likeness (QED) is 0.700. The number of benzene rings is 1. The number of carbonyl (C=O) groups is 1. The lowest BCUT2D eigenvalue weighted by molar-refractivity contribution is -0.117. The van der Waals surface area contributed by atoms with Gasteiger partial charge in [0.15, 0.2) is 0 Å². The Morgan fingerprint density at radius 2 is 1.89 bits per heavy atom. The molecule has 0 saturated carbocycles. The average Bonchev–Trinajstić information content (AvgIpc) is 2.31. The third kappa shape index (κ3) is 4.83. The van der Waals surface area contributed by atoms with Crippen LogP contribution in [0, 0.1) is 0 Å². The van der Waals surface area contributed by atoms with E-state index in [-0.39, 0.29) is 5.78 Å². The van der Waals surface area contributed by atoms with E-state index in [9.17, 15) is 4.79 Å². The molecule has 0 bridgehead atoms. The van der Waals surface area contributed by atoms with Crippen molar-refractivity contribution in [2.75, 3.05) is 19.8 Å². The van der Waals surface area contributed by atoms with Crippen LogP contribution in [-0.2, 0) is 4.79 Å². The van der Waals surface area contributed by atoms with Crippen LogP contribution in [0.2, 0.25) is 0 Å². The van der Waals surface area contributed by atoms with Crippen LogP contribution < -0.4 is 0 Å². The lowest BCUT2D eigenvalue weighted by Crippen LogP contribution is -2.20. The standard InChI is InChI=1S/C15H23NOS/c1-5-18-14-9-7-13(8-10-14)15(16(3)4)11-6-12(2)17/h7-10,15H,5-6,11H2,1-4H3. The zero-order chi connectivity index (χ0) is 13.5. The summed E-state index contributed by atoms with van der Waals surface area (Å²) in [6, 6.07) is 9.04. The highest BCUT2D eigenvalue weighted by atomic mass is 32.2. The van der Waals surface area contributed by atoms with Crippen LogP contribution in [0.3, 0.4) is 0 Å². The highest BCUT2D eigenvalue weighted by Crippen LogP contribution is 2.26. The summed E-state index contributed by atoms with van der Waals surface area (Å²) in [6.45, 7) is 3.82. The Bertz CT molecular complexity index is 373. The number of carbonyl (C=O) groups excluding carboxylic acids is 1. The third-order valence-corrected chi connectivity index (χ3v) is 3.86. The van der Waals surface area contributed by atoms with Gasteiger partial charge in [-0.3, -0.25) is 0 Å². The summed E-state index contributed by atoms with van der Waals surface area (Å²) in [4.78, 5) is 14.6. The molecule has 0 N–H and O–H groups in total. The second-order valence-electron chi connectivity index (χ2n) is 4.72. The van der Waals surface area contributed by atoms with Gasteiger partial charge in [0.1, 0.15) is 5.78 Å². The van der Waals surface area contributed by atoms with Gasteiger partial charge in [-0.25, -0.2) is 0 Å². The molecule has 0 radical (unpaired) electrons. The number of Topliss-reactive ketones (excluding diaryl/α,β-unsaturated/α-hetero) is 1. The van der Waals surface area contributed by atoms with Crippen LogP contribution in [0.1, 0.15) is 38.3 Å². The minimum absolute atomic E-state index is 0.264. The molecule has 0 amide bonds. The summed E-state index contributed by atoms with van der Waals surface area (Å²) in [5, 5.41) is 0. The molecule has 1 unspecified atom stereocenters. The minimum atomic E-state index is 0.264. The van der Waals surface area contributed by atoms with Crippen molar-refractivity contribution in [2.45, 2.75) is 37.6 Å². The molecule has 0 aliphatic heterocycles. The Morgan fingerprint density at radius 1 is 1.28 bits per heavy atom. The predicted octanol–water partition coefficient (Wildman–Crippen LogP) is 3.77. The topological polar surface area (TPSA) is 20.3 Å². The fourth-order valence-corrected chi connectivity index (χ4v) is 2.68. The smallest absolute Gasteiger partial charge is 0.129 e. The molecule has 1 aromatic carbocycles. The molecule has 0 fully saturated rings. The Kier molecular flexibility index (Phi) is 6.44. The molecule has 3 heteroatoms. The number of rotatable bonds is 7. The Hall–Kier alpha value is -0.800. The first-order valence-corrected chi connectivity index (χ1v) is 7.41. The molecule has 1 rings (SSSR count). The zero-order valence-corrected chi connectivity index (χ0v) is 12.6. The first-order valence-electron chi connectivity index (χ1n) is 6.43. The van der Waals surface area contributed by atoms with Gasteiger partial charge in [-0.15, -0.1) is 11.8 Å². The van der Waals surface area contributed by atoms with Crippen molar-refractivity contribution in [3.8, 4) is 0 Å². The van der Waals surface area contributed by atoms with Gasteiger partial charge in [0.05, 0.1) is 0 Å². The lowest BCUT2D eigenvalue weighted by Gasteiger charge is -2.24. The minimum Gasteiger partial charge on any atom is -0.302 e. The molecule has 0 aliphatic rings. The Balaban J connectivity index is 2.75. The molecule has 1 atom stereocenters. The summed E-state index contributed by atoms with van der Waals surface area (Å²) in [5.74, 6) is 1.36. The number of nitrogens with zero attached hydrogens (tertiary/aromatic N) is 1. The van der Waals surface area contributed by atoms with Crippen molar-refractivity contribution in [1.82, 2.24) is 4.90 Å². The van der Waals surface area contributed by atoms with E-state index in [0.29, 0.717) is 12.5 Å². The Morgan fingerprint density at radius 3 is 2.33 bits per heavy atom. The van der Waals surface area contributed by atoms with Gasteiger partial charge in [0.2, 0.25) is 0 Å². The summed E-state index contributed by atoms with van der Waals surface area (Å²) in [5.41, 5.74) is 1.29. The van der Waals surface area contributed by atoms with E-state index in [2.05, 4.69) is 50.2 Å². The van der Waals surface area contributed by atoms with Crippen LogP contribution >= 0.6 is 11.8 Å². The Labute approximate surface area is 115 Å². The summed E-state index contributed by atoms with van der Waals surface area (Å²) < 4.78 is 0. The van der Waals surface area contributed by atoms with Crippen LogP contribution in [-0.4, -0.2) is 30.5 Å². The molecule has 0 spiro atoms. The number of thioether (sulfide) groups is 1. The largest absolute Gasteiger partial charge is 0.302 e. The van der Waals surface area contributed by atoms with Gasteiger partial charge in [0.25, 0.3) is 0 Å². The molecule has 0 saturated heterocycles. The van der Waals surface area contributed by atoms with Crippen LogP contribution in [0.25, 0.3) is 0 Å². The summed E-state index contributed by atoms with van der Waals surface area (Å²) in [7, 11) is 4.14. The van der Waals surface area contributed by atoms with E-state index in [1.165, 1.54) is 10.5 Å². The van der Waals surface area contributed by atoms with Gasteiger partial charge in [-0.2, -0.15) is 0 Å². The maximum Gasteiger partial charge on any atom is 0.129 e. The normalized spacial score (nSPS) is 12.7. The van der Waals surface area contributed by atoms with E-state index in [1.54, 1.807) is 6.92 Å². The first kappa shape index (κ1) is 15.3. The number of hydrogen-bond donors (Lipinski definition) is 0. The second kappa shape index (κ2) is 7.59. The molecule has 0 aromatic heterocycles. The number of ketones is 1. The maximum absolute atomic E-state index is 11.1. The first-order chi connectivity index (χ1) is 8.54. The van der Waals surface area contributed by atoms with Crippen LogP contribution in [0.4, 0.5) is 0 Å². The van der Waals surface area contributed by atoms with Crippen LogP contribution in [0.15, 0.2) is 29.2 Å². The zero-order valence-electron chi connectivity index (χ0n) is 11.8. The second-order valence-corrected chi connectivity index (χ2v) is 6.06. The van der Waals surface area contributed by atoms with Gasteiger partial charge in [-0.05, 0) is 50.9 Å². The lowest BCUT2D eigenvalue weighted by atomic mass is 10.00. The number of hydrogen-bond acceptors (Lipinski definition) is 3. The molecule has 0 aliphatic carbocycles. The molecule has 0 heterocycles. The van der Waals surface area contributed by atoms with Crippen molar-refractivity contribution in [3.05, 3.63) is 29.8 Å². The molecule has 1 aromatic rings. The highest BCUT2D eigenvalue weighted by molar-refractivity contribution is 7.99. The van der Waals surface area contributed by atoms with Crippen molar-refractivity contribution in [1.29, 1.82) is 0 Å². The van der Waals surface area contributed by atoms with Crippen molar-refractivity contribution >= 4 is 17.5 Å². The van der Waals surface area contributed by atoms with E-state index < -0.39 is 0 Å². The monoisotopic (exact) mass is 265 g/mol. The van der Waals surface area contributed by atoms with Crippen molar-refractivity contribution in [2.24, 2.45) is 0 Å². The van der Waals surface area contributed by atoms with Crippen LogP contribution in [0.5, 0.6) is 0 Å². The highest BCUT2D eigenvalue weighted by Gasteiger charge is 2.14. The molecular formula is C15H23NOS. The van der Waals surface area contributed by atoms with Gasteiger partial charge in [0, 0.05) is 17.4 Å². The molecule has 18 heavy (non-hydrogen) atoms. The van der Waals surface area contributed by atoms with E-state index in [0.717, 1.165) is 12.2 Å². The van der Waals surface area contributed by atoms with Gasteiger partial charge >= 0.3 is 0 Å². The van der Waals surface area contributed by atoms with E-state index in [1.807, 2.05) is 11.8 Å². The molecule has 2 nitrogen and oxygen atoms in total. The third-order valence-electron chi connectivity index (χ3n) is 2.97. The molecule has 100 valence electrons. The van der Waals surface area contributed by atoms with E-state index >= 15 is 0 Å². The van der Waals surface area contributed by atoms with Crippen molar-refractivity contribution in [3.63, 3.8) is 0 Å². The van der Waals surface area contributed by atoms with Crippen molar-refractivity contribution < 1.29 is 4.79 Å². The van der Waals surface area contributed by atoms with Gasteiger partial charge < -0.3 is 9.69 Å². The fraction of sp³-hybridized carbons (Fsp3) is 0.533. The van der Waals surface area contributed by atoms with Gasteiger partial charge in [-0.1, -0.05) is 19.1 Å². The molecular weight excluding hydrogens is 242 g/mol. The fourth-order valence-electron chi connectivity index (χ4n) is 2.02. The predicted molar refractivity (Wildman–Crippen MR) is 79.2 cm³/mol. The van der Waals surface area contributed by atoms with E-state index in [4.69, 9.17) is 0 Å². The summed E-state index contributed by atoms with van der Waals surface area (Å²) in [6.07, 6.45) is 1.54. The maximum atomic E-state index is 11.1. The summed E-state index contributed by atoms with van der Waals surface area (Å²) >= 11 is 1.85.